The highest BCUT2D eigenvalue weighted by Gasteiger charge is 2.17. The van der Waals surface area contributed by atoms with E-state index in [1.54, 1.807) is 7.05 Å². The van der Waals surface area contributed by atoms with E-state index >= 15 is 0 Å². The Morgan fingerprint density at radius 1 is 1.46 bits per heavy atom. The topological polar surface area (TPSA) is 41.1 Å². The maximum absolute atomic E-state index is 11.4. The van der Waals surface area contributed by atoms with Gasteiger partial charge in [-0.1, -0.05) is 20.8 Å². The Morgan fingerprint density at radius 2 is 2.00 bits per heavy atom. The summed E-state index contributed by atoms with van der Waals surface area (Å²) in [5.74, 6) is 0.0732. The number of carbonyl (C=O) groups excluding carboxylic acids is 1. The van der Waals surface area contributed by atoms with Gasteiger partial charge in [-0.2, -0.15) is 0 Å². The number of nitrogens with one attached hydrogen (secondary N) is 2. The third kappa shape index (κ3) is 4.88. The van der Waals surface area contributed by atoms with Gasteiger partial charge >= 0.3 is 0 Å². The maximum atomic E-state index is 11.4. The molecule has 0 rings (SSSR count). The van der Waals surface area contributed by atoms with Crippen LogP contribution in [0.2, 0.25) is 0 Å². The molecule has 0 aromatic carbocycles. The summed E-state index contributed by atoms with van der Waals surface area (Å²) >= 11 is 0. The lowest BCUT2D eigenvalue weighted by atomic mass is 9.90. The summed E-state index contributed by atoms with van der Waals surface area (Å²) in [5.41, 5.74) is 0.198. The summed E-state index contributed by atoms with van der Waals surface area (Å²) in [6.07, 6.45) is 1.07. The maximum Gasteiger partial charge on any atom is 0.236 e. The molecule has 0 aromatic rings. The molecular weight excluding hydrogens is 164 g/mol. The number of amides is 1. The summed E-state index contributed by atoms with van der Waals surface area (Å²) in [7, 11) is 1.79. The van der Waals surface area contributed by atoms with Crippen LogP contribution in [0.15, 0.2) is 0 Å². The number of hydrogen-bond acceptors (Lipinski definition) is 2. The first kappa shape index (κ1) is 12.4. The third-order valence-electron chi connectivity index (χ3n) is 2.52. The lowest BCUT2D eigenvalue weighted by Gasteiger charge is -2.23. The Hall–Kier alpha value is -0.570. The SMILES string of the molecule is CCC(C)(C)CNC(=O)C(C)NC. The van der Waals surface area contributed by atoms with Crippen LogP contribution < -0.4 is 10.6 Å². The molecule has 0 bridgehead atoms. The fourth-order valence-electron chi connectivity index (χ4n) is 0.736. The van der Waals surface area contributed by atoms with Gasteiger partial charge in [0, 0.05) is 6.54 Å². The molecule has 0 saturated carbocycles. The second kappa shape index (κ2) is 5.22. The van der Waals surface area contributed by atoms with Crippen LogP contribution in [0.5, 0.6) is 0 Å². The van der Waals surface area contributed by atoms with Gasteiger partial charge < -0.3 is 10.6 Å². The van der Waals surface area contributed by atoms with E-state index < -0.39 is 0 Å². The molecule has 0 spiro atoms. The molecule has 1 atom stereocenters. The van der Waals surface area contributed by atoms with Crippen molar-refractivity contribution in [1.82, 2.24) is 10.6 Å². The van der Waals surface area contributed by atoms with Gasteiger partial charge in [0.05, 0.1) is 6.04 Å². The lowest BCUT2D eigenvalue weighted by Crippen LogP contribution is -2.43. The van der Waals surface area contributed by atoms with Crippen LogP contribution in [0, 0.1) is 5.41 Å². The van der Waals surface area contributed by atoms with Crippen molar-refractivity contribution in [3.05, 3.63) is 0 Å². The Morgan fingerprint density at radius 3 is 2.38 bits per heavy atom. The zero-order chi connectivity index (χ0) is 10.5. The van der Waals surface area contributed by atoms with E-state index in [1.807, 2.05) is 6.92 Å². The van der Waals surface area contributed by atoms with Crippen molar-refractivity contribution in [2.45, 2.75) is 40.2 Å². The van der Waals surface area contributed by atoms with E-state index in [9.17, 15) is 4.79 Å². The van der Waals surface area contributed by atoms with Crippen molar-refractivity contribution < 1.29 is 4.79 Å². The van der Waals surface area contributed by atoms with Crippen LogP contribution in [0.4, 0.5) is 0 Å². The fraction of sp³-hybridized carbons (Fsp3) is 0.900. The number of carbonyl (C=O) groups is 1. The van der Waals surface area contributed by atoms with Gasteiger partial charge in [0.1, 0.15) is 0 Å². The molecular formula is C10H22N2O. The van der Waals surface area contributed by atoms with E-state index in [0.29, 0.717) is 0 Å². The van der Waals surface area contributed by atoms with Gasteiger partial charge in [0.25, 0.3) is 0 Å². The molecule has 1 unspecified atom stereocenters. The van der Waals surface area contributed by atoms with Crippen molar-refractivity contribution in [2.75, 3.05) is 13.6 Å². The molecule has 0 aliphatic rings. The molecule has 0 saturated heterocycles. The molecule has 3 heteroatoms. The smallest absolute Gasteiger partial charge is 0.236 e. The summed E-state index contributed by atoms with van der Waals surface area (Å²) < 4.78 is 0. The third-order valence-corrected chi connectivity index (χ3v) is 2.52. The second-order valence-corrected chi connectivity index (χ2v) is 4.25. The minimum Gasteiger partial charge on any atom is -0.354 e. The van der Waals surface area contributed by atoms with Gasteiger partial charge in [0.2, 0.25) is 5.91 Å². The first-order chi connectivity index (χ1) is 5.93. The zero-order valence-corrected chi connectivity index (χ0v) is 9.40. The fourth-order valence-corrected chi connectivity index (χ4v) is 0.736. The van der Waals surface area contributed by atoms with E-state index in [2.05, 4.69) is 31.4 Å². The summed E-state index contributed by atoms with van der Waals surface area (Å²) in [5, 5.41) is 5.83. The number of hydrogen-bond donors (Lipinski definition) is 2. The molecule has 0 aromatic heterocycles. The van der Waals surface area contributed by atoms with E-state index in [1.165, 1.54) is 0 Å². The summed E-state index contributed by atoms with van der Waals surface area (Å²) in [6, 6.07) is -0.104. The van der Waals surface area contributed by atoms with Gasteiger partial charge in [-0.15, -0.1) is 0 Å². The normalized spacial score (nSPS) is 13.9. The van der Waals surface area contributed by atoms with Crippen LogP contribution in [0.3, 0.4) is 0 Å². The first-order valence-electron chi connectivity index (χ1n) is 4.88. The Kier molecular flexibility index (Phi) is 4.99. The van der Waals surface area contributed by atoms with Crippen molar-refractivity contribution in [3.63, 3.8) is 0 Å². The minimum atomic E-state index is -0.104. The van der Waals surface area contributed by atoms with Crippen LogP contribution in [0.25, 0.3) is 0 Å². The van der Waals surface area contributed by atoms with Gasteiger partial charge in [-0.3, -0.25) is 4.79 Å². The van der Waals surface area contributed by atoms with Gasteiger partial charge in [-0.25, -0.2) is 0 Å². The predicted octanol–water partition coefficient (Wildman–Crippen LogP) is 1.15. The Labute approximate surface area is 81.3 Å². The average molecular weight is 186 g/mol. The minimum absolute atomic E-state index is 0.0732. The van der Waals surface area contributed by atoms with Crippen molar-refractivity contribution in [2.24, 2.45) is 5.41 Å². The molecule has 0 heterocycles. The average Bonchev–Trinajstić information content (AvgIpc) is 2.13. The monoisotopic (exact) mass is 186 g/mol. The Balaban J connectivity index is 3.83. The molecule has 0 aliphatic carbocycles. The zero-order valence-electron chi connectivity index (χ0n) is 9.40. The van der Waals surface area contributed by atoms with E-state index in [-0.39, 0.29) is 17.4 Å². The predicted molar refractivity (Wildman–Crippen MR) is 55.6 cm³/mol. The van der Waals surface area contributed by atoms with E-state index in [0.717, 1.165) is 13.0 Å². The van der Waals surface area contributed by atoms with Crippen molar-refractivity contribution in [1.29, 1.82) is 0 Å². The first-order valence-corrected chi connectivity index (χ1v) is 4.88. The van der Waals surface area contributed by atoms with Gasteiger partial charge in [-0.05, 0) is 25.8 Å². The molecule has 3 nitrogen and oxygen atoms in total. The molecule has 0 radical (unpaired) electrons. The van der Waals surface area contributed by atoms with E-state index in [4.69, 9.17) is 0 Å². The van der Waals surface area contributed by atoms with Crippen LogP contribution in [-0.2, 0) is 4.79 Å². The highest BCUT2D eigenvalue weighted by molar-refractivity contribution is 5.81. The molecule has 1 amide bonds. The largest absolute Gasteiger partial charge is 0.354 e. The second-order valence-electron chi connectivity index (χ2n) is 4.25. The number of rotatable bonds is 5. The van der Waals surface area contributed by atoms with Crippen molar-refractivity contribution in [3.8, 4) is 0 Å². The summed E-state index contributed by atoms with van der Waals surface area (Å²) in [4.78, 5) is 11.4. The molecule has 0 fully saturated rings. The summed E-state index contributed by atoms with van der Waals surface area (Å²) in [6.45, 7) is 9.03. The molecule has 13 heavy (non-hydrogen) atoms. The lowest BCUT2D eigenvalue weighted by molar-refractivity contribution is -0.123. The Bertz CT molecular complexity index is 166. The van der Waals surface area contributed by atoms with Crippen LogP contribution in [0.1, 0.15) is 34.1 Å². The molecule has 2 N–H and O–H groups in total. The number of likely N-dealkylation sites (N-methyl/N-ethyl adjacent to an activating group) is 1. The quantitative estimate of drug-likeness (QED) is 0.676. The molecule has 78 valence electrons. The van der Waals surface area contributed by atoms with Gasteiger partial charge in [0.15, 0.2) is 0 Å². The standard InChI is InChI=1S/C10H22N2O/c1-6-10(3,4)7-12-9(13)8(2)11-5/h8,11H,6-7H2,1-5H3,(H,12,13). The van der Waals surface area contributed by atoms with Crippen molar-refractivity contribution >= 4 is 5.91 Å². The highest BCUT2D eigenvalue weighted by Crippen LogP contribution is 2.17. The van der Waals surface area contributed by atoms with Crippen LogP contribution >= 0.6 is 0 Å². The van der Waals surface area contributed by atoms with Crippen LogP contribution in [-0.4, -0.2) is 25.5 Å². The molecule has 0 aliphatic heterocycles. The highest BCUT2D eigenvalue weighted by atomic mass is 16.2.